The van der Waals surface area contributed by atoms with Gasteiger partial charge in [0.05, 0.1) is 12.1 Å². The van der Waals surface area contributed by atoms with Crippen molar-refractivity contribution in [2.24, 2.45) is 5.73 Å². The minimum Gasteiger partial charge on any atom is -0.383 e. The number of amides is 1. The highest BCUT2D eigenvalue weighted by molar-refractivity contribution is 5.94. The number of pyridine rings is 1. The summed E-state index contributed by atoms with van der Waals surface area (Å²) in [6.45, 7) is 2.20. The van der Waals surface area contributed by atoms with Crippen molar-refractivity contribution in [3.8, 4) is 0 Å². The predicted octanol–water partition coefficient (Wildman–Crippen LogP) is 1.41. The molecule has 20 heavy (non-hydrogen) atoms. The molecule has 0 spiro atoms. The van der Waals surface area contributed by atoms with Crippen LogP contribution in [0.15, 0.2) is 30.3 Å². The van der Waals surface area contributed by atoms with Crippen molar-refractivity contribution in [3.05, 3.63) is 41.6 Å². The Kier molecular flexibility index (Phi) is 4.65. The second-order valence-electron chi connectivity index (χ2n) is 4.78. The molecule has 0 radical (unpaired) electrons. The molecule has 1 aromatic heterocycles. The monoisotopic (exact) mass is 273 g/mol. The summed E-state index contributed by atoms with van der Waals surface area (Å²) in [6, 6.07) is 9.53. The highest BCUT2D eigenvalue weighted by atomic mass is 16.5. The highest BCUT2D eigenvalue weighted by Crippen LogP contribution is 2.19. The lowest BCUT2D eigenvalue weighted by molar-refractivity contribution is 0.0995. The van der Waals surface area contributed by atoms with Crippen molar-refractivity contribution < 1.29 is 9.53 Å². The number of rotatable bonds is 6. The summed E-state index contributed by atoms with van der Waals surface area (Å²) < 4.78 is 5.07. The van der Waals surface area contributed by atoms with Crippen LogP contribution in [0.2, 0.25) is 0 Å². The first-order chi connectivity index (χ1) is 9.61. The zero-order valence-corrected chi connectivity index (χ0v) is 11.8. The number of likely N-dealkylation sites (N-methyl/N-ethyl adjacent to an activating group) is 1. The standard InChI is InChI=1S/C15H19N3O2/c1-18(7-8-20-2)10-11-9-14(15(16)19)17-13-6-4-3-5-12(11)13/h3-6,9H,7-8,10H2,1-2H3,(H2,16,19). The molecule has 5 heteroatoms. The summed E-state index contributed by atoms with van der Waals surface area (Å²) in [4.78, 5) is 17.8. The van der Waals surface area contributed by atoms with E-state index in [2.05, 4.69) is 9.88 Å². The van der Waals surface area contributed by atoms with Crippen molar-refractivity contribution in [3.63, 3.8) is 0 Å². The SMILES string of the molecule is COCCN(C)Cc1cc(C(N)=O)nc2ccccc12. The number of nitrogens with zero attached hydrogens (tertiary/aromatic N) is 2. The number of benzene rings is 1. The fourth-order valence-corrected chi connectivity index (χ4v) is 2.12. The van der Waals surface area contributed by atoms with E-state index in [4.69, 9.17) is 10.5 Å². The lowest BCUT2D eigenvalue weighted by atomic mass is 10.1. The fourth-order valence-electron chi connectivity index (χ4n) is 2.12. The molecule has 2 aromatic rings. The molecule has 0 saturated carbocycles. The van der Waals surface area contributed by atoms with Gasteiger partial charge in [-0.1, -0.05) is 18.2 Å². The smallest absolute Gasteiger partial charge is 0.267 e. The second kappa shape index (κ2) is 6.45. The Bertz CT molecular complexity index is 613. The predicted molar refractivity (Wildman–Crippen MR) is 78.5 cm³/mol. The zero-order chi connectivity index (χ0) is 14.5. The molecule has 0 aliphatic rings. The minimum absolute atomic E-state index is 0.304. The average Bonchev–Trinajstić information content (AvgIpc) is 2.44. The number of ether oxygens (including phenoxy) is 1. The average molecular weight is 273 g/mol. The molecular formula is C15H19N3O2. The van der Waals surface area contributed by atoms with Crippen LogP contribution < -0.4 is 5.73 Å². The molecule has 0 fully saturated rings. The number of aromatic nitrogens is 1. The molecule has 5 nitrogen and oxygen atoms in total. The summed E-state index contributed by atoms with van der Waals surface area (Å²) in [7, 11) is 3.69. The number of methoxy groups -OCH3 is 1. The Morgan fingerprint density at radius 1 is 1.40 bits per heavy atom. The first-order valence-corrected chi connectivity index (χ1v) is 6.47. The van der Waals surface area contributed by atoms with Crippen LogP contribution in [0, 0.1) is 0 Å². The Morgan fingerprint density at radius 2 is 2.15 bits per heavy atom. The van der Waals surface area contributed by atoms with E-state index in [9.17, 15) is 4.79 Å². The van der Waals surface area contributed by atoms with Crippen LogP contribution in [0.25, 0.3) is 10.9 Å². The second-order valence-corrected chi connectivity index (χ2v) is 4.78. The molecule has 1 amide bonds. The van der Waals surface area contributed by atoms with Gasteiger partial charge in [0.2, 0.25) is 0 Å². The molecule has 106 valence electrons. The van der Waals surface area contributed by atoms with Crippen molar-refractivity contribution in [1.82, 2.24) is 9.88 Å². The maximum absolute atomic E-state index is 11.4. The first-order valence-electron chi connectivity index (χ1n) is 6.47. The van der Waals surface area contributed by atoms with Crippen LogP contribution in [-0.2, 0) is 11.3 Å². The van der Waals surface area contributed by atoms with E-state index in [0.717, 1.165) is 23.0 Å². The van der Waals surface area contributed by atoms with Gasteiger partial charge < -0.3 is 10.5 Å². The van der Waals surface area contributed by atoms with Crippen LogP contribution >= 0.6 is 0 Å². The molecular weight excluding hydrogens is 254 g/mol. The van der Waals surface area contributed by atoms with Crippen molar-refractivity contribution in [2.75, 3.05) is 27.3 Å². The van der Waals surface area contributed by atoms with Gasteiger partial charge in [-0.3, -0.25) is 9.69 Å². The molecule has 1 aromatic carbocycles. The molecule has 0 aliphatic heterocycles. The summed E-state index contributed by atoms with van der Waals surface area (Å²) in [5.41, 5.74) is 7.49. The maximum atomic E-state index is 11.4. The zero-order valence-electron chi connectivity index (χ0n) is 11.8. The van der Waals surface area contributed by atoms with E-state index in [0.29, 0.717) is 18.8 Å². The molecule has 0 aliphatic carbocycles. The van der Waals surface area contributed by atoms with Gasteiger partial charge in [-0.2, -0.15) is 0 Å². The maximum Gasteiger partial charge on any atom is 0.267 e. The molecule has 1 heterocycles. The van der Waals surface area contributed by atoms with E-state index in [1.54, 1.807) is 13.2 Å². The molecule has 2 rings (SSSR count). The minimum atomic E-state index is -0.503. The third-order valence-electron chi connectivity index (χ3n) is 3.17. The van der Waals surface area contributed by atoms with Gasteiger partial charge in [0.25, 0.3) is 5.91 Å². The van der Waals surface area contributed by atoms with E-state index >= 15 is 0 Å². The number of fused-ring (bicyclic) bond motifs is 1. The number of para-hydroxylation sites is 1. The van der Waals surface area contributed by atoms with Crippen molar-refractivity contribution >= 4 is 16.8 Å². The summed E-state index contributed by atoms with van der Waals surface area (Å²) in [5.74, 6) is -0.503. The Labute approximate surface area is 118 Å². The third-order valence-corrected chi connectivity index (χ3v) is 3.17. The van der Waals surface area contributed by atoms with Gasteiger partial charge in [-0.25, -0.2) is 4.98 Å². The molecule has 0 unspecified atom stereocenters. The number of carbonyl (C=O) groups is 1. The van der Waals surface area contributed by atoms with Crippen molar-refractivity contribution in [1.29, 1.82) is 0 Å². The first kappa shape index (κ1) is 14.4. The number of carbonyl (C=O) groups excluding carboxylic acids is 1. The van der Waals surface area contributed by atoms with Gasteiger partial charge in [0.1, 0.15) is 5.69 Å². The quantitative estimate of drug-likeness (QED) is 0.864. The normalized spacial score (nSPS) is 11.2. The van der Waals surface area contributed by atoms with Gasteiger partial charge in [-0.15, -0.1) is 0 Å². The number of nitrogens with two attached hydrogens (primary N) is 1. The van der Waals surface area contributed by atoms with E-state index in [1.807, 2.05) is 31.3 Å². The van der Waals surface area contributed by atoms with Crippen LogP contribution in [0.4, 0.5) is 0 Å². The lowest BCUT2D eigenvalue weighted by Crippen LogP contribution is -2.23. The highest BCUT2D eigenvalue weighted by Gasteiger charge is 2.10. The topological polar surface area (TPSA) is 68.5 Å². The Balaban J connectivity index is 2.37. The summed E-state index contributed by atoms with van der Waals surface area (Å²) in [6.07, 6.45) is 0. The molecule has 0 bridgehead atoms. The van der Waals surface area contributed by atoms with E-state index in [1.165, 1.54) is 0 Å². The Morgan fingerprint density at radius 3 is 2.85 bits per heavy atom. The number of hydrogen-bond acceptors (Lipinski definition) is 4. The van der Waals surface area contributed by atoms with Crippen LogP contribution in [0.5, 0.6) is 0 Å². The number of primary amides is 1. The molecule has 0 atom stereocenters. The van der Waals surface area contributed by atoms with Gasteiger partial charge >= 0.3 is 0 Å². The van der Waals surface area contributed by atoms with Gasteiger partial charge in [0.15, 0.2) is 0 Å². The summed E-state index contributed by atoms with van der Waals surface area (Å²) >= 11 is 0. The van der Waals surface area contributed by atoms with E-state index < -0.39 is 5.91 Å². The van der Waals surface area contributed by atoms with Crippen LogP contribution in [-0.4, -0.2) is 43.1 Å². The lowest BCUT2D eigenvalue weighted by Gasteiger charge is -2.17. The van der Waals surface area contributed by atoms with Crippen LogP contribution in [0.3, 0.4) is 0 Å². The summed E-state index contributed by atoms with van der Waals surface area (Å²) in [5, 5.41) is 1.04. The molecule has 0 saturated heterocycles. The van der Waals surface area contributed by atoms with E-state index in [-0.39, 0.29) is 0 Å². The fraction of sp³-hybridized carbons (Fsp3) is 0.333. The molecule has 2 N–H and O–H groups in total. The largest absolute Gasteiger partial charge is 0.383 e. The Hall–Kier alpha value is -1.98. The van der Waals surface area contributed by atoms with Crippen molar-refractivity contribution in [2.45, 2.75) is 6.54 Å². The number of hydrogen-bond donors (Lipinski definition) is 1. The third kappa shape index (κ3) is 3.31. The van der Waals surface area contributed by atoms with Crippen LogP contribution in [0.1, 0.15) is 16.1 Å². The van der Waals surface area contributed by atoms with Gasteiger partial charge in [-0.05, 0) is 24.7 Å². The van der Waals surface area contributed by atoms with Gasteiger partial charge in [0, 0.05) is 25.6 Å².